The van der Waals surface area contributed by atoms with E-state index in [4.69, 9.17) is 0 Å². The van der Waals surface area contributed by atoms with E-state index < -0.39 is 21.8 Å². The number of carbonyl (C=O) groups is 1. The van der Waals surface area contributed by atoms with Gasteiger partial charge < -0.3 is 4.90 Å². The summed E-state index contributed by atoms with van der Waals surface area (Å²) in [6, 6.07) is 18.7. The van der Waals surface area contributed by atoms with E-state index in [1.807, 2.05) is 0 Å². The topological polar surface area (TPSA) is 57.7 Å². The van der Waals surface area contributed by atoms with Gasteiger partial charge in [0.1, 0.15) is 0 Å². The molecule has 3 rings (SSSR count). The zero-order valence-corrected chi connectivity index (χ0v) is 18.2. The standard InChI is InChI=1S/C23H21F3N2O3S/c1-27(16-17-8-12-19(13-9-17)23(24,25)26)22(29)18-10-14-21(15-11-18)32(30,31)28(2)20-6-4-3-5-7-20/h3-15H,16H2,1-2H3. The Kier molecular flexibility index (Phi) is 6.59. The first-order valence-electron chi connectivity index (χ1n) is 9.56. The number of halogens is 3. The summed E-state index contributed by atoms with van der Waals surface area (Å²) < 4.78 is 64.9. The number of hydrogen-bond acceptors (Lipinski definition) is 3. The van der Waals surface area contributed by atoms with Crippen molar-refractivity contribution in [2.24, 2.45) is 0 Å². The van der Waals surface area contributed by atoms with Crippen LogP contribution in [0.15, 0.2) is 83.8 Å². The fourth-order valence-corrected chi connectivity index (χ4v) is 4.26. The first-order valence-corrected chi connectivity index (χ1v) is 11.0. The molecule has 0 saturated heterocycles. The normalized spacial score (nSPS) is 11.8. The average Bonchev–Trinajstić information content (AvgIpc) is 2.78. The predicted molar refractivity (Wildman–Crippen MR) is 116 cm³/mol. The maximum Gasteiger partial charge on any atom is 0.416 e. The second-order valence-electron chi connectivity index (χ2n) is 7.19. The summed E-state index contributed by atoms with van der Waals surface area (Å²) >= 11 is 0. The lowest BCUT2D eigenvalue weighted by atomic mass is 10.1. The number of anilines is 1. The van der Waals surface area contributed by atoms with Crippen molar-refractivity contribution in [1.82, 2.24) is 4.90 Å². The van der Waals surface area contributed by atoms with Crippen LogP contribution in [0, 0.1) is 0 Å². The van der Waals surface area contributed by atoms with Crippen LogP contribution in [0.25, 0.3) is 0 Å². The smallest absolute Gasteiger partial charge is 0.337 e. The van der Waals surface area contributed by atoms with Gasteiger partial charge in [-0.25, -0.2) is 8.42 Å². The molecule has 0 heterocycles. The van der Waals surface area contributed by atoms with Crippen molar-refractivity contribution in [3.05, 3.63) is 95.6 Å². The van der Waals surface area contributed by atoms with E-state index in [1.165, 1.54) is 55.4 Å². The number of benzene rings is 3. The van der Waals surface area contributed by atoms with Crippen molar-refractivity contribution in [2.45, 2.75) is 17.6 Å². The highest BCUT2D eigenvalue weighted by Gasteiger charge is 2.30. The molecule has 0 aliphatic heterocycles. The minimum Gasteiger partial charge on any atom is -0.337 e. The van der Waals surface area contributed by atoms with Crippen molar-refractivity contribution >= 4 is 21.6 Å². The number of amides is 1. The van der Waals surface area contributed by atoms with E-state index in [9.17, 15) is 26.4 Å². The Balaban J connectivity index is 1.71. The molecule has 0 fully saturated rings. The third-order valence-electron chi connectivity index (χ3n) is 4.93. The number of para-hydroxylation sites is 1. The van der Waals surface area contributed by atoms with Crippen LogP contribution in [0.5, 0.6) is 0 Å². The van der Waals surface area contributed by atoms with Gasteiger partial charge in [0.05, 0.1) is 16.1 Å². The number of carbonyl (C=O) groups excluding carboxylic acids is 1. The monoisotopic (exact) mass is 462 g/mol. The Bertz CT molecular complexity index is 1180. The van der Waals surface area contributed by atoms with Crippen LogP contribution in [0.1, 0.15) is 21.5 Å². The SMILES string of the molecule is CN(Cc1ccc(C(F)(F)F)cc1)C(=O)c1ccc(S(=O)(=O)N(C)c2ccccc2)cc1. The highest BCUT2D eigenvalue weighted by Crippen LogP contribution is 2.29. The first kappa shape index (κ1) is 23.3. The second-order valence-corrected chi connectivity index (χ2v) is 9.16. The molecule has 0 aliphatic carbocycles. The molecular weight excluding hydrogens is 441 g/mol. The third kappa shape index (κ3) is 5.11. The van der Waals surface area contributed by atoms with Crippen LogP contribution in [-0.4, -0.2) is 33.3 Å². The lowest BCUT2D eigenvalue weighted by Gasteiger charge is -2.20. The Labute approximate surface area is 184 Å². The fraction of sp³-hybridized carbons (Fsp3) is 0.174. The highest BCUT2D eigenvalue weighted by molar-refractivity contribution is 7.92. The van der Waals surface area contributed by atoms with Crippen LogP contribution < -0.4 is 4.31 Å². The molecule has 0 unspecified atom stereocenters. The Hall–Kier alpha value is -3.33. The van der Waals surface area contributed by atoms with Gasteiger partial charge in [-0.05, 0) is 54.1 Å². The molecule has 0 aliphatic rings. The van der Waals surface area contributed by atoms with Gasteiger partial charge in [0.25, 0.3) is 15.9 Å². The summed E-state index contributed by atoms with van der Waals surface area (Å²) in [5.74, 6) is -0.384. The molecule has 0 spiro atoms. The maximum absolute atomic E-state index is 12.8. The van der Waals surface area contributed by atoms with Crippen molar-refractivity contribution in [1.29, 1.82) is 0 Å². The molecule has 5 nitrogen and oxygen atoms in total. The van der Waals surface area contributed by atoms with Crippen molar-refractivity contribution in [3.63, 3.8) is 0 Å². The van der Waals surface area contributed by atoms with Gasteiger partial charge in [-0.3, -0.25) is 9.10 Å². The van der Waals surface area contributed by atoms with E-state index in [-0.39, 0.29) is 22.9 Å². The molecule has 0 N–H and O–H groups in total. The molecule has 0 saturated carbocycles. The zero-order valence-electron chi connectivity index (χ0n) is 17.4. The fourth-order valence-electron chi connectivity index (χ4n) is 3.07. The summed E-state index contributed by atoms with van der Waals surface area (Å²) in [7, 11) is -0.835. The number of rotatable bonds is 6. The van der Waals surface area contributed by atoms with E-state index in [2.05, 4.69) is 0 Å². The van der Waals surface area contributed by atoms with E-state index in [0.29, 0.717) is 11.3 Å². The van der Waals surface area contributed by atoms with Crippen LogP contribution in [0.2, 0.25) is 0 Å². The van der Waals surface area contributed by atoms with Gasteiger partial charge >= 0.3 is 6.18 Å². The summed E-state index contributed by atoms with van der Waals surface area (Å²) in [5.41, 5.74) is 0.551. The molecule has 32 heavy (non-hydrogen) atoms. The van der Waals surface area contributed by atoms with E-state index >= 15 is 0 Å². The number of hydrogen-bond donors (Lipinski definition) is 0. The number of nitrogens with zero attached hydrogens (tertiary/aromatic N) is 2. The number of sulfonamides is 1. The summed E-state index contributed by atoms with van der Waals surface area (Å²) in [6.07, 6.45) is -4.42. The van der Waals surface area contributed by atoms with Gasteiger partial charge in [0.2, 0.25) is 0 Å². The second kappa shape index (κ2) is 9.04. The van der Waals surface area contributed by atoms with Gasteiger partial charge in [-0.2, -0.15) is 13.2 Å². The molecule has 3 aromatic rings. The molecule has 0 radical (unpaired) electrons. The molecule has 0 bridgehead atoms. The quantitative estimate of drug-likeness (QED) is 0.529. The minimum atomic E-state index is -4.42. The zero-order chi connectivity index (χ0) is 23.5. The third-order valence-corrected chi connectivity index (χ3v) is 6.73. The minimum absolute atomic E-state index is 0.0331. The van der Waals surface area contributed by atoms with Crippen LogP contribution in [0.4, 0.5) is 18.9 Å². The molecule has 1 amide bonds. The lowest BCUT2D eigenvalue weighted by Crippen LogP contribution is -2.27. The average molecular weight is 462 g/mol. The highest BCUT2D eigenvalue weighted by atomic mass is 32.2. The van der Waals surface area contributed by atoms with Crippen molar-refractivity contribution < 1.29 is 26.4 Å². The molecule has 168 valence electrons. The van der Waals surface area contributed by atoms with Crippen LogP contribution in [-0.2, 0) is 22.7 Å². The van der Waals surface area contributed by atoms with Crippen LogP contribution >= 0.6 is 0 Å². The van der Waals surface area contributed by atoms with Gasteiger partial charge in [-0.15, -0.1) is 0 Å². The summed E-state index contributed by atoms with van der Waals surface area (Å²) in [6.45, 7) is 0.105. The Morgan fingerprint density at radius 2 is 1.41 bits per heavy atom. The van der Waals surface area contributed by atoms with E-state index in [0.717, 1.165) is 16.4 Å². The molecular formula is C23H21F3N2O3S. The molecule has 0 atom stereocenters. The van der Waals surface area contributed by atoms with Crippen molar-refractivity contribution in [2.75, 3.05) is 18.4 Å². The number of alkyl halides is 3. The largest absolute Gasteiger partial charge is 0.416 e. The Morgan fingerprint density at radius 3 is 1.94 bits per heavy atom. The predicted octanol–water partition coefficient (Wildman–Crippen LogP) is 4.80. The van der Waals surface area contributed by atoms with Gasteiger partial charge in [-0.1, -0.05) is 30.3 Å². The lowest BCUT2D eigenvalue weighted by molar-refractivity contribution is -0.137. The van der Waals surface area contributed by atoms with E-state index in [1.54, 1.807) is 30.3 Å². The van der Waals surface area contributed by atoms with Gasteiger partial charge in [0, 0.05) is 26.2 Å². The first-order chi connectivity index (χ1) is 15.0. The summed E-state index contributed by atoms with van der Waals surface area (Å²) in [4.78, 5) is 14.1. The molecule has 3 aromatic carbocycles. The van der Waals surface area contributed by atoms with Crippen molar-refractivity contribution in [3.8, 4) is 0 Å². The summed E-state index contributed by atoms with van der Waals surface area (Å²) in [5, 5.41) is 0. The van der Waals surface area contributed by atoms with Gasteiger partial charge in [0.15, 0.2) is 0 Å². The van der Waals surface area contributed by atoms with Crippen LogP contribution in [0.3, 0.4) is 0 Å². The maximum atomic E-state index is 12.8. The molecule has 0 aromatic heterocycles. The Morgan fingerprint density at radius 1 is 0.844 bits per heavy atom. The molecule has 9 heteroatoms.